The molecule has 1 atom stereocenters. The molecule has 0 spiro atoms. The van der Waals surface area contributed by atoms with Crippen molar-refractivity contribution < 1.29 is 4.74 Å². The van der Waals surface area contributed by atoms with Crippen LogP contribution in [0.4, 0.5) is 0 Å². The number of unbranched alkanes of at least 4 members (excludes halogenated alkanes) is 4. The maximum atomic E-state index is 6.37. The molecule has 0 amide bonds. The summed E-state index contributed by atoms with van der Waals surface area (Å²) in [5.74, 6) is 0.907. The van der Waals surface area contributed by atoms with Crippen molar-refractivity contribution in [2.45, 2.75) is 57.2 Å². The number of rotatable bonds is 9. The molecule has 0 fully saturated rings. The van der Waals surface area contributed by atoms with E-state index in [1.54, 1.807) is 7.11 Å². The molecule has 0 aromatic heterocycles. The molecule has 1 aromatic rings. The second-order valence-corrected chi connectivity index (χ2v) is 5.47. The molecule has 0 bridgehead atoms. The lowest BCUT2D eigenvalue weighted by Gasteiger charge is -2.10. The predicted molar refractivity (Wildman–Crippen MR) is 79.7 cm³/mol. The number of methoxy groups -OCH3 is 1. The normalized spacial score (nSPS) is 12.4. The molecule has 0 N–H and O–H groups in total. The highest BCUT2D eigenvalue weighted by molar-refractivity contribution is 6.20. The van der Waals surface area contributed by atoms with E-state index in [1.165, 1.54) is 37.7 Å². The first kappa shape index (κ1) is 15.4. The van der Waals surface area contributed by atoms with Crippen molar-refractivity contribution in [2.24, 2.45) is 0 Å². The Bertz CT molecular complexity index is 307. The lowest BCUT2D eigenvalue weighted by molar-refractivity contribution is 0.414. The molecular formula is C16H25ClO. The third kappa shape index (κ3) is 6.30. The van der Waals surface area contributed by atoms with Gasteiger partial charge < -0.3 is 4.74 Å². The van der Waals surface area contributed by atoms with Crippen LogP contribution in [-0.2, 0) is 6.42 Å². The van der Waals surface area contributed by atoms with Crippen LogP contribution < -0.4 is 4.74 Å². The molecule has 2 heteroatoms. The van der Waals surface area contributed by atoms with E-state index >= 15 is 0 Å². The van der Waals surface area contributed by atoms with Crippen LogP contribution in [0.15, 0.2) is 24.3 Å². The van der Waals surface area contributed by atoms with Gasteiger partial charge in [0.25, 0.3) is 0 Å². The highest BCUT2D eigenvalue weighted by atomic mass is 35.5. The second kappa shape index (κ2) is 9.27. The third-order valence-corrected chi connectivity index (χ3v) is 3.61. The predicted octanol–water partition coefficient (Wildman–Crippen LogP) is 5.21. The van der Waals surface area contributed by atoms with E-state index in [0.29, 0.717) is 0 Å². The zero-order chi connectivity index (χ0) is 13.2. The molecule has 0 heterocycles. The number of alkyl halides is 1. The number of hydrogen-bond acceptors (Lipinski definition) is 1. The molecule has 1 unspecified atom stereocenters. The Labute approximate surface area is 116 Å². The molecule has 0 aliphatic heterocycles. The molecule has 18 heavy (non-hydrogen) atoms. The fourth-order valence-corrected chi connectivity index (χ4v) is 2.42. The van der Waals surface area contributed by atoms with Crippen molar-refractivity contribution in [2.75, 3.05) is 7.11 Å². The summed E-state index contributed by atoms with van der Waals surface area (Å²) in [4.78, 5) is 0. The van der Waals surface area contributed by atoms with Crippen LogP contribution in [-0.4, -0.2) is 12.5 Å². The van der Waals surface area contributed by atoms with E-state index in [1.807, 2.05) is 12.1 Å². The first-order chi connectivity index (χ1) is 8.76. The van der Waals surface area contributed by atoms with Crippen LogP contribution in [0, 0.1) is 0 Å². The SMILES string of the molecule is CCCCCCCC(Cl)Cc1ccc(OC)cc1. The van der Waals surface area contributed by atoms with Crippen LogP contribution in [0.5, 0.6) is 5.75 Å². The Morgan fingerprint density at radius 1 is 1.06 bits per heavy atom. The van der Waals surface area contributed by atoms with Gasteiger partial charge in [0.15, 0.2) is 0 Å². The van der Waals surface area contributed by atoms with Gasteiger partial charge in [-0.1, -0.05) is 51.2 Å². The van der Waals surface area contributed by atoms with Gasteiger partial charge in [0.05, 0.1) is 7.11 Å². The van der Waals surface area contributed by atoms with Crippen LogP contribution >= 0.6 is 11.6 Å². The molecule has 0 saturated heterocycles. The summed E-state index contributed by atoms with van der Waals surface area (Å²) in [5.41, 5.74) is 1.30. The zero-order valence-corrected chi connectivity index (χ0v) is 12.4. The summed E-state index contributed by atoms with van der Waals surface area (Å²) in [6.45, 7) is 2.24. The van der Waals surface area contributed by atoms with Crippen LogP contribution in [0.3, 0.4) is 0 Å². The van der Waals surface area contributed by atoms with E-state index in [4.69, 9.17) is 16.3 Å². The average Bonchev–Trinajstić information content (AvgIpc) is 2.39. The Hall–Kier alpha value is -0.690. The summed E-state index contributed by atoms with van der Waals surface area (Å²) in [6.07, 6.45) is 8.66. The van der Waals surface area contributed by atoms with Gasteiger partial charge in [-0.2, -0.15) is 0 Å². The molecule has 1 nitrogen and oxygen atoms in total. The van der Waals surface area contributed by atoms with Gasteiger partial charge in [0.2, 0.25) is 0 Å². The standard InChI is InChI=1S/C16H25ClO/c1-3-4-5-6-7-8-15(17)13-14-9-11-16(18-2)12-10-14/h9-12,15H,3-8,13H2,1-2H3. The highest BCUT2D eigenvalue weighted by Crippen LogP contribution is 2.18. The second-order valence-electron chi connectivity index (χ2n) is 4.85. The maximum Gasteiger partial charge on any atom is 0.118 e. The van der Waals surface area contributed by atoms with Gasteiger partial charge in [0, 0.05) is 5.38 Å². The van der Waals surface area contributed by atoms with E-state index in [0.717, 1.165) is 18.6 Å². The van der Waals surface area contributed by atoms with Crippen molar-refractivity contribution in [3.63, 3.8) is 0 Å². The maximum absolute atomic E-state index is 6.37. The van der Waals surface area contributed by atoms with Gasteiger partial charge in [-0.05, 0) is 30.5 Å². The fourth-order valence-electron chi connectivity index (χ4n) is 2.09. The third-order valence-electron chi connectivity index (χ3n) is 3.24. The van der Waals surface area contributed by atoms with Crippen molar-refractivity contribution in [1.82, 2.24) is 0 Å². The van der Waals surface area contributed by atoms with Crippen molar-refractivity contribution >= 4 is 11.6 Å². The summed E-state index contributed by atoms with van der Waals surface area (Å²) >= 11 is 6.37. The fraction of sp³-hybridized carbons (Fsp3) is 0.625. The molecule has 1 aromatic carbocycles. The minimum Gasteiger partial charge on any atom is -0.497 e. The molecular weight excluding hydrogens is 244 g/mol. The van der Waals surface area contributed by atoms with Crippen LogP contribution in [0.2, 0.25) is 0 Å². The van der Waals surface area contributed by atoms with Crippen LogP contribution in [0.1, 0.15) is 51.0 Å². The number of ether oxygens (including phenoxy) is 1. The van der Waals surface area contributed by atoms with Gasteiger partial charge >= 0.3 is 0 Å². The van der Waals surface area contributed by atoms with E-state index in [2.05, 4.69) is 19.1 Å². The largest absolute Gasteiger partial charge is 0.497 e. The van der Waals surface area contributed by atoms with Gasteiger partial charge in [0.1, 0.15) is 5.75 Å². The summed E-state index contributed by atoms with van der Waals surface area (Å²) in [5, 5.41) is 0.264. The summed E-state index contributed by atoms with van der Waals surface area (Å²) < 4.78 is 5.14. The van der Waals surface area contributed by atoms with Crippen molar-refractivity contribution in [3.8, 4) is 5.75 Å². The highest BCUT2D eigenvalue weighted by Gasteiger charge is 2.06. The quantitative estimate of drug-likeness (QED) is 0.441. The van der Waals surface area contributed by atoms with Crippen LogP contribution in [0.25, 0.3) is 0 Å². The molecule has 0 aliphatic carbocycles. The molecule has 0 radical (unpaired) electrons. The number of halogens is 1. The average molecular weight is 269 g/mol. The van der Waals surface area contributed by atoms with Crippen molar-refractivity contribution in [1.29, 1.82) is 0 Å². The van der Waals surface area contributed by atoms with Gasteiger partial charge in [-0.25, -0.2) is 0 Å². The molecule has 1 rings (SSSR count). The smallest absolute Gasteiger partial charge is 0.118 e. The topological polar surface area (TPSA) is 9.23 Å². The van der Waals surface area contributed by atoms with E-state index in [-0.39, 0.29) is 5.38 Å². The summed E-state index contributed by atoms with van der Waals surface area (Å²) in [6, 6.07) is 8.21. The Kier molecular flexibility index (Phi) is 7.91. The Morgan fingerprint density at radius 3 is 2.33 bits per heavy atom. The minimum atomic E-state index is 0.264. The van der Waals surface area contributed by atoms with E-state index < -0.39 is 0 Å². The molecule has 0 saturated carbocycles. The lowest BCUT2D eigenvalue weighted by Crippen LogP contribution is -2.03. The minimum absolute atomic E-state index is 0.264. The number of benzene rings is 1. The number of hydrogen-bond donors (Lipinski definition) is 0. The van der Waals surface area contributed by atoms with Gasteiger partial charge in [-0.15, -0.1) is 11.6 Å². The Morgan fingerprint density at radius 2 is 1.72 bits per heavy atom. The van der Waals surface area contributed by atoms with E-state index in [9.17, 15) is 0 Å². The lowest BCUT2D eigenvalue weighted by atomic mass is 10.0. The summed E-state index contributed by atoms with van der Waals surface area (Å²) in [7, 11) is 1.69. The first-order valence-corrected chi connectivity index (χ1v) is 7.47. The molecule has 102 valence electrons. The monoisotopic (exact) mass is 268 g/mol. The first-order valence-electron chi connectivity index (χ1n) is 7.03. The van der Waals surface area contributed by atoms with Crippen molar-refractivity contribution in [3.05, 3.63) is 29.8 Å². The van der Waals surface area contributed by atoms with Gasteiger partial charge in [-0.3, -0.25) is 0 Å². The zero-order valence-electron chi connectivity index (χ0n) is 11.6. The Balaban J connectivity index is 2.20. The molecule has 0 aliphatic rings.